The normalized spacial score (nSPS) is 12.2. The van der Waals surface area contributed by atoms with Gasteiger partial charge in [-0.05, 0) is 81.9 Å². The first kappa shape index (κ1) is 29.7. The van der Waals surface area contributed by atoms with Crippen LogP contribution in [-0.4, -0.2) is 4.57 Å². The van der Waals surface area contributed by atoms with E-state index in [4.69, 9.17) is 4.74 Å². The minimum atomic E-state index is 0.844. The molecular formula is C50H30N2OS. The van der Waals surface area contributed by atoms with Crippen molar-refractivity contribution in [2.24, 2.45) is 0 Å². The topological polar surface area (TPSA) is 17.4 Å². The molecule has 0 radical (unpaired) electrons. The highest BCUT2D eigenvalue weighted by Crippen LogP contribution is 2.53. The SMILES string of the molecule is c1ccc(-c2cccc(N(c3ccc4c(c3)sc3c5ccccc5c5ccccc5c43)c3ccc4c5ccccc5n5c4c3Oc3ccccc3-5)c2)cc1. The molecule has 3 nitrogen and oxygen atoms in total. The molecule has 1 aliphatic heterocycles. The lowest BCUT2D eigenvalue weighted by Crippen LogP contribution is -2.13. The van der Waals surface area contributed by atoms with E-state index in [0.717, 1.165) is 45.3 Å². The van der Waals surface area contributed by atoms with Crippen LogP contribution in [0.5, 0.6) is 11.5 Å². The fraction of sp³-hybridized carbons (Fsp3) is 0. The van der Waals surface area contributed by atoms with E-state index in [9.17, 15) is 0 Å². The number of para-hydroxylation sites is 3. The quantitative estimate of drug-likeness (QED) is 0.170. The Morgan fingerprint density at radius 2 is 1.13 bits per heavy atom. The molecule has 2 aromatic heterocycles. The molecule has 0 fully saturated rings. The van der Waals surface area contributed by atoms with Crippen LogP contribution >= 0.6 is 11.3 Å². The van der Waals surface area contributed by atoms with Crippen molar-refractivity contribution in [1.29, 1.82) is 0 Å². The van der Waals surface area contributed by atoms with Crippen molar-refractivity contribution in [3.05, 3.63) is 182 Å². The Balaban J connectivity index is 1.16. The lowest BCUT2D eigenvalue weighted by atomic mass is 9.97. The van der Waals surface area contributed by atoms with Gasteiger partial charge in [0.2, 0.25) is 0 Å². The van der Waals surface area contributed by atoms with E-state index < -0.39 is 0 Å². The maximum absolute atomic E-state index is 7.02. The van der Waals surface area contributed by atoms with Crippen LogP contribution in [0.2, 0.25) is 0 Å². The van der Waals surface area contributed by atoms with Gasteiger partial charge in [0.05, 0.1) is 22.4 Å². The molecule has 0 unspecified atom stereocenters. The molecule has 12 rings (SSSR count). The second kappa shape index (κ2) is 11.3. The van der Waals surface area contributed by atoms with Crippen molar-refractivity contribution in [3.63, 3.8) is 0 Å². The van der Waals surface area contributed by atoms with E-state index in [1.807, 2.05) is 11.3 Å². The third kappa shape index (κ3) is 4.17. The molecule has 0 saturated heterocycles. The molecule has 0 spiro atoms. The number of hydrogen-bond donors (Lipinski definition) is 0. The summed E-state index contributed by atoms with van der Waals surface area (Å²) in [5.41, 5.74) is 8.78. The van der Waals surface area contributed by atoms with Crippen LogP contribution < -0.4 is 9.64 Å². The number of ether oxygens (including phenoxy) is 1. The molecule has 1 aliphatic rings. The smallest absolute Gasteiger partial charge is 0.176 e. The summed E-state index contributed by atoms with van der Waals surface area (Å²) in [5.74, 6) is 1.69. The van der Waals surface area contributed by atoms with Crippen LogP contribution in [-0.2, 0) is 0 Å². The second-order valence-electron chi connectivity index (χ2n) is 14.1. The monoisotopic (exact) mass is 706 g/mol. The third-order valence-corrected chi connectivity index (χ3v) is 12.3. The molecule has 9 aromatic carbocycles. The molecule has 0 N–H and O–H groups in total. The Morgan fingerprint density at radius 3 is 2.00 bits per heavy atom. The second-order valence-corrected chi connectivity index (χ2v) is 15.1. The third-order valence-electron chi connectivity index (χ3n) is 11.1. The van der Waals surface area contributed by atoms with Crippen LogP contribution in [0.25, 0.3) is 80.3 Å². The summed E-state index contributed by atoms with van der Waals surface area (Å²) in [6, 6.07) is 65.8. The summed E-state index contributed by atoms with van der Waals surface area (Å²) in [5, 5.41) is 10.2. The van der Waals surface area contributed by atoms with Crippen molar-refractivity contribution in [2.75, 3.05) is 4.90 Å². The van der Waals surface area contributed by atoms with E-state index in [1.54, 1.807) is 0 Å². The van der Waals surface area contributed by atoms with Crippen molar-refractivity contribution < 1.29 is 4.74 Å². The average Bonchev–Trinajstić information content (AvgIpc) is 3.80. The Bertz CT molecular complexity index is 3320. The molecule has 11 aromatic rings. The molecule has 0 amide bonds. The maximum atomic E-state index is 7.02. The van der Waals surface area contributed by atoms with Gasteiger partial charge in [0.25, 0.3) is 0 Å². The number of benzene rings is 9. The molecule has 0 atom stereocenters. The highest BCUT2D eigenvalue weighted by molar-refractivity contribution is 7.27. The number of anilines is 3. The van der Waals surface area contributed by atoms with Gasteiger partial charge in [-0.15, -0.1) is 11.3 Å². The largest absolute Gasteiger partial charge is 0.451 e. The number of hydrogen-bond acceptors (Lipinski definition) is 3. The highest BCUT2D eigenvalue weighted by atomic mass is 32.1. The summed E-state index contributed by atoms with van der Waals surface area (Å²) in [7, 11) is 0. The molecule has 0 saturated carbocycles. The van der Waals surface area contributed by atoms with Gasteiger partial charge >= 0.3 is 0 Å². The first-order valence-electron chi connectivity index (χ1n) is 18.3. The van der Waals surface area contributed by atoms with Crippen molar-refractivity contribution >= 4 is 91.9 Å². The van der Waals surface area contributed by atoms with Gasteiger partial charge in [-0.3, -0.25) is 0 Å². The Morgan fingerprint density at radius 1 is 0.463 bits per heavy atom. The first-order valence-corrected chi connectivity index (χ1v) is 19.2. The summed E-state index contributed by atoms with van der Waals surface area (Å²) in [6.45, 7) is 0. The molecule has 54 heavy (non-hydrogen) atoms. The van der Waals surface area contributed by atoms with Gasteiger partial charge in [0.15, 0.2) is 11.5 Å². The minimum Gasteiger partial charge on any atom is -0.451 e. The van der Waals surface area contributed by atoms with E-state index in [1.165, 1.54) is 63.6 Å². The fourth-order valence-electron chi connectivity index (χ4n) is 8.80. The zero-order chi connectivity index (χ0) is 35.3. The maximum Gasteiger partial charge on any atom is 0.176 e. The van der Waals surface area contributed by atoms with Crippen LogP contribution in [0, 0.1) is 0 Å². The molecule has 0 bridgehead atoms. The highest BCUT2D eigenvalue weighted by Gasteiger charge is 2.29. The van der Waals surface area contributed by atoms with Crippen molar-refractivity contribution in [2.45, 2.75) is 0 Å². The molecule has 3 heterocycles. The van der Waals surface area contributed by atoms with Crippen molar-refractivity contribution in [1.82, 2.24) is 4.57 Å². The van der Waals surface area contributed by atoms with Gasteiger partial charge < -0.3 is 14.2 Å². The van der Waals surface area contributed by atoms with Gasteiger partial charge in [0.1, 0.15) is 0 Å². The summed E-state index contributed by atoms with van der Waals surface area (Å²) in [6.07, 6.45) is 0. The van der Waals surface area contributed by atoms with Crippen LogP contribution in [0.4, 0.5) is 17.1 Å². The standard InChI is InChI=1S/C50H30N2OS/c1-2-13-31(14-3-1)32-15-12-16-33(29-32)51(44-28-27-39-37-19-8-9-22-42(37)52-43-23-10-11-24-45(43)53-49(44)48(39)52)34-25-26-41-46(30-34)54-50-40-21-7-5-18-36(40)35-17-4-6-20-38(35)47(41)50/h1-30H. The molecular weight excluding hydrogens is 677 g/mol. The molecule has 252 valence electrons. The van der Waals surface area contributed by atoms with Crippen LogP contribution in [0.1, 0.15) is 0 Å². The van der Waals surface area contributed by atoms with Gasteiger partial charge in [-0.1, -0.05) is 127 Å². The van der Waals surface area contributed by atoms with Crippen molar-refractivity contribution in [3.8, 4) is 28.3 Å². The first-order chi connectivity index (χ1) is 26.8. The van der Waals surface area contributed by atoms with E-state index >= 15 is 0 Å². The zero-order valence-electron chi connectivity index (χ0n) is 29.0. The summed E-state index contributed by atoms with van der Waals surface area (Å²) < 4.78 is 12.0. The number of fused-ring (bicyclic) bond motifs is 13. The summed E-state index contributed by atoms with van der Waals surface area (Å²) in [4.78, 5) is 2.39. The molecule has 4 heteroatoms. The number of aromatic nitrogens is 1. The van der Waals surface area contributed by atoms with Gasteiger partial charge in [-0.2, -0.15) is 0 Å². The Kier molecular flexibility index (Phi) is 6.21. The van der Waals surface area contributed by atoms with E-state index in [-0.39, 0.29) is 0 Å². The Labute approximate surface area is 315 Å². The van der Waals surface area contributed by atoms with Gasteiger partial charge in [-0.25, -0.2) is 0 Å². The van der Waals surface area contributed by atoms with Gasteiger partial charge in [0, 0.05) is 47.7 Å². The van der Waals surface area contributed by atoms with Crippen LogP contribution in [0.15, 0.2) is 182 Å². The zero-order valence-corrected chi connectivity index (χ0v) is 29.8. The average molecular weight is 707 g/mol. The molecule has 0 aliphatic carbocycles. The lowest BCUT2D eigenvalue weighted by molar-refractivity contribution is 0.477. The number of thiophene rings is 1. The lowest BCUT2D eigenvalue weighted by Gasteiger charge is -2.30. The van der Waals surface area contributed by atoms with E-state index in [2.05, 4.69) is 191 Å². The van der Waals surface area contributed by atoms with E-state index in [0.29, 0.717) is 0 Å². The minimum absolute atomic E-state index is 0.844. The number of nitrogens with zero attached hydrogens (tertiary/aromatic N) is 2. The number of rotatable bonds is 4. The van der Waals surface area contributed by atoms with Crippen LogP contribution in [0.3, 0.4) is 0 Å². The predicted molar refractivity (Wildman–Crippen MR) is 229 cm³/mol. The fourth-order valence-corrected chi connectivity index (χ4v) is 10.1. The predicted octanol–water partition coefficient (Wildman–Crippen LogP) is 14.7. The Hall–Kier alpha value is -6.88. The summed E-state index contributed by atoms with van der Waals surface area (Å²) >= 11 is 1.89.